The molecule has 0 radical (unpaired) electrons. The second kappa shape index (κ2) is 13.4. The van der Waals surface area contributed by atoms with Crippen LogP contribution < -0.4 is 5.32 Å². The van der Waals surface area contributed by atoms with Gasteiger partial charge in [-0.1, -0.05) is 65.7 Å². The summed E-state index contributed by atoms with van der Waals surface area (Å²) < 4.78 is 10.0. The molecule has 7 heteroatoms. The molecule has 1 rings (SSSR count). The Labute approximate surface area is 174 Å². The summed E-state index contributed by atoms with van der Waals surface area (Å²) >= 11 is 0. The van der Waals surface area contributed by atoms with E-state index in [2.05, 4.69) is 12.2 Å². The van der Waals surface area contributed by atoms with Crippen molar-refractivity contribution < 1.29 is 29.0 Å². The Kier molecular flexibility index (Phi) is 11.7. The van der Waals surface area contributed by atoms with Crippen molar-refractivity contribution in [3.8, 4) is 0 Å². The number of aliphatic carboxylic acids is 1. The lowest BCUT2D eigenvalue weighted by Gasteiger charge is -2.24. The highest BCUT2D eigenvalue weighted by Gasteiger charge is 2.22. The lowest BCUT2D eigenvalue weighted by molar-refractivity contribution is -0.168. The van der Waals surface area contributed by atoms with Crippen LogP contribution >= 0.6 is 0 Å². The normalized spacial score (nSPS) is 18.0. The molecule has 0 aromatic rings. The lowest BCUT2D eigenvalue weighted by Crippen LogP contribution is -2.39. The summed E-state index contributed by atoms with van der Waals surface area (Å²) in [5.41, 5.74) is 0. The fourth-order valence-corrected chi connectivity index (χ4v) is 3.74. The molecule has 0 aromatic heterocycles. The van der Waals surface area contributed by atoms with E-state index in [0.29, 0.717) is 12.3 Å². The van der Waals surface area contributed by atoms with Crippen LogP contribution in [0.15, 0.2) is 0 Å². The SMILES string of the molecule is CC(C)C(=O)O[C@@H](C)OC(=O)N[C@@H](CC[C@H](C)CCC1CCCCC1)CC(=O)O. The fraction of sp³-hybridized carbons (Fsp3) is 0.864. The fourth-order valence-electron chi connectivity index (χ4n) is 3.74. The third kappa shape index (κ3) is 11.7. The average Bonchev–Trinajstić information content (AvgIpc) is 2.64. The Hall–Kier alpha value is -1.79. The van der Waals surface area contributed by atoms with E-state index in [1.54, 1.807) is 13.8 Å². The average molecular weight is 414 g/mol. The number of carbonyl (C=O) groups is 3. The van der Waals surface area contributed by atoms with Crippen LogP contribution in [0, 0.1) is 17.8 Å². The van der Waals surface area contributed by atoms with Gasteiger partial charge >= 0.3 is 18.0 Å². The lowest BCUT2D eigenvalue weighted by atomic mass is 9.83. The molecule has 1 aliphatic carbocycles. The Balaban J connectivity index is 2.38. The molecule has 1 fully saturated rings. The molecule has 0 spiro atoms. The Morgan fingerprint density at radius 3 is 2.21 bits per heavy atom. The monoisotopic (exact) mass is 413 g/mol. The van der Waals surface area contributed by atoms with E-state index < -0.39 is 30.4 Å². The zero-order valence-corrected chi connectivity index (χ0v) is 18.4. The van der Waals surface area contributed by atoms with Crippen LogP contribution in [0.5, 0.6) is 0 Å². The van der Waals surface area contributed by atoms with Crippen molar-refractivity contribution >= 4 is 18.0 Å². The molecule has 1 saturated carbocycles. The molecule has 3 atom stereocenters. The number of amides is 1. The van der Waals surface area contributed by atoms with Gasteiger partial charge in [0, 0.05) is 13.0 Å². The molecule has 2 N–H and O–H groups in total. The Bertz CT molecular complexity index is 515. The second-order valence-electron chi connectivity index (χ2n) is 8.77. The van der Waals surface area contributed by atoms with Gasteiger partial charge in [0.15, 0.2) is 0 Å². The van der Waals surface area contributed by atoms with Gasteiger partial charge in [0.05, 0.1) is 12.3 Å². The quantitative estimate of drug-likeness (QED) is 0.349. The summed E-state index contributed by atoms with van der Waals surface area (Å²) in [4.78, 5) is 34.7. The summed E-state index contributed by atoms with van der Waals surface area (Å²) in [6.07, 6.45) is 8.56. The molecule has 7 nitrogen and oxygen atoms in total. The maximum absolute atomic E-state index is 12.1. The molecule has 1 aliphatic rings. The van der Waals surface area contributed by atoms with Crippen molar-refractivity contribution in [3.05, 3.63) is 0 Å². The topological polar surface area (TPSA) is 102 Å². The van der Waals surface area contributed by atoms with Gasteiger partial charge in [0.2, 0.25) is 6.29 Å². The number of nitrogens with one attached hydrogen (secondary N) is 1. The zero-order chi connectivity index (χ0) is 21.8. The highest BCUT2D eigenvalue weighted by molar-refractivity contribution is 5.73. The summed E-state index contributed by atoms with van der Waals surface area (Å²) in [5, 5.41) is 11.7. The van der Waals surface area contributed by atoms with Gasteiger partial charge < -0.3 is 19.9 Å². The van der Waals surface area contributed by atoms with Gasteiger partial charge in [0.25, 0.3) is 0 Å². The molecule has 0 unspecified atom stereocenters. The minimum absolute atomic E-state index is 0.162. The first-order chi connectivity index (χ1) is 13.7. The number of alkyl carbamates (subject to hydrolysis) is 1. The number of esters is 1. The first-order valence-corrected chi connectivity index (χ1v) is 11.1. The number of carboxylic acid groups (broad SMARTS) is 1. The van der Waals surface area contributed by atoms with Gasteiger partial charge in [-0.25, -0.2) is 4.79 Å². The maximum atomic E-state index is 12.1. The van der Waals surface area contributed by atoms with Crippen molar-refractivity contribution in [2.24, 2.45) is 17.8 Å². The molecule has 0 bridgehead atoms. The third-order valence-electron chi connectivity index (χ3n) is 5.57. The zero-order valence-electron chi connectivity index (χ0n) is 18.4. The summed E-state index contributed by atoms with van der Waals surface area (Å²) in [7, 11) is 0. The van der Waals surface area contributed by atoms with Crippen molar-refractivity contribution in [1.29, 1.82) is 0 Å². The molecule has 0 aliphatic heterocycles. The number of carbonyl (C=O) groups excluding carboxylic acids is 2. The minimum Gasteiger partial charge on any atom is -0.481 e. The standard InChI is InChI=1S/C22H39NO6/c1-15(2)21(26)28-17(4)29-22(27)23-19(14-20(24)25)13-11-16(3)10-12-18-8-6-5-7-9-18/h15-19H,5-14H2,1-4H3,(H,23,27)(H,24,25)/t16-,17-,19+/m1/s1. The van der Waals surface area contributed by atoms with Crippen molar-refractivity contribution in [3.63, 3.8) is 0 Å². The van der Waals surface area contributed by atoms with Gasteiger partial charge in [-0.15, -0.1) is 0 Å². The molecule has 29 heavy (non-hydrogen) atoms. The predicted molar refractivity (Wildman–Crippen MR) is 110 cm³/mol. The van der Waals surface area contributed by atoms with Crippen molar-refractivity contribution in [2.75, 3.05) is 0 Å². The number of rotatable bonds is 12. The van der Waals surface area contributed by atoms with Crippen LogP contribution in [-0.4, -0.2) is 35.5 Å². The summed E-state index contributed by atoms with van der Waals surface area (Å²) in [5.74, 6) is -0.427. The predicted octanol–water partition coefficient (Wildman–Crippen LogP) is 4.88. The van der Waals surface area contributed by atoms with Gasteiger partial charge in [-0.05, 0) is 24.7 Å². The van der Waals surface area contributed by atoms with E-state index >= 15 is 0 Å². The van der Waals surface area contributed by atoms with Crippen LogP contribution in [0.4, 0.5) is 4.79 Å². The van der Waals surface area contributed by atoms with Gasteiger partial charge in [-0.3, -0.25) is 9.59 Å². The summed E-state index contributed by atoms with van der Waals surface area (Å²) in [6.45, 7) is 7.02. The van der Waals surface area contributed by atoms with Gasteiger partial charge in [-0.2, -0.15) is 0 Å². The van der Waals surface area contributed by atoms with E-state index in [1.165, 1.54) is 45.4 Å². The molecule has 0 heterocycles. The molecule has 1 amide bonds. The Morgan fingerprint density at radius 2 is 1.62 bits per heavy atom. The maximum Gasteiger partial charge on any atom is 0.410 e. The second-order valence-corrected chi connectivity index (χ2v) is 8.77. The number of hydrogen-bond acceptors (Lipinski definition) is 5. The molecule has 0 aromatic carbocycles. The van der Waals surface area contributed by atoms with E-state index in [0.717, 1.165) is 18.8 Å². The minimum atomic E-state index is -1.02. The molecular formula is C22H39NO6. The number of hydrogen-bond donors (Lipinski definition) is 2. The number of carboxylic acids is 1. The first-order valence-electron chi connectivity index (χ1n) is 11.1. The number of ether oxygens (including phenoxy) is 2. The van der Waals surface area contributed by atoms with Crippen LogP contribution in [0.3, 0.4) is 0 Å². The van der Waals surface area contributed by atoms with Crippen molar-refractivity contribution in [1.82, 2.24) is 5.32 Å². The summed E-state index contributed by atoms with van der Waals surface area (Å²) in [6, 6.07) is -0.509. The van der Waals surface area contributed by atoms with Crippen LogP contribution in [0.1, 0.15) is 91.9 Å². The Morgan fingerprint density at radius 1 is 0.966 bits per heavy atom. The van der Waals surface area contributed by atoms with Crippen LogP contribution in [0.2, 0.25) is 0 Å². The van der Waals surface area contributed by atoms with Gasteiger partial charge in [0.1, 0.15) is 0 Å². The molecular weight excluding hydrogens is 374 g/mol. The highest BCUT2D eigenvalue weighted by atomic mass is 16.7. The third-order valence-corrected chi connectivity index (χ3v) is 5.57. The largest absolute Gasteiger partial charge is 0.481 e. The molecule has 0 saturated heterocycles. The molecule has 168 valence electrons. The van der Waals surface area contributed by atoms with E-state index in [4.69, 9.17) is 14.6 Å². The smallest absolute Gasteiger partial charge is 0.410 e. The van der Waals surface area contributed by atoms with Crippen LogP contribution in [-0.2, 0) is 19.1 Å². The van der Waals surface area contributed by atoms with E-state index in [9.17, 15) is 14.4 Å². The highest BCUT2D eigenvalue weighted by Crippen LogP contribution is 2.29. The van der Waals surface area contributed by atoms with Crippen molar-refractivity contribution in [2.45, 2.75) is 104 Å². The van der Waals surface area contributed by atoms with Crippen LogP contribution in [0.25, 0.3) is 0 Å². The first kappa shape index (κ1) is 25.2. The van der Waals surface area contributed by atoms with E-state index in [-0.39, 0.29) is 12.3 Å². The van der Waals surface area contributed by atoms with E-state index in [1.807, 2.05) is 0 Å².